The summed E-state index contributed by atoms with van der Waals surface area (Å²) < 4.78 is 5.59. The third-order valence-corrected chi connectivity index (χ3v) is 3.33. The Morgan fingerprint density at radius 1 is 1.53 bits per heavy atom. The molecule has 4 heteroatoms. The molecular formula is C15H22N2O2. The minimum absolute atomic E-state index is 0.118. The molecule has 2 N–H and O–H groups in total. The van der Waals surface area contributed by atoms with E-state index >= 15 is 0 Å². The van der Waals surface area contributed by atoms with Gasteiger partial charge in [0, 0.05) is 6.54 Å². The Hall–Kier alpha value is -1.55. The number of amides is 1. The molecule has 0 spiro atoms. The van der Waals surface area contributed by atoms with Gasteiger partial charge in [-0.2, -0.15) is 0 Å². The number of carbonyl (C=O) groups is 1. The highest BCUT2D eigenvalue weighted by molar-refractivity contribution is 5.78. The van der Waals surface area contributed by atoms with Crippen molar-refractivity contribution in [1.82, 2.24) is 10.6 Å². The van der Waals surface area contributed by atoms with Crippen LogP contribution in [0.2, 0.25) is 0 Å². The van der Waals surface area contributed by atoms with Crippen molar-refractivity contribution in [3.05, 3.63) is 29.8 Å². The molecular weight excluding hydrogens is 240 g/mol. The highest BCUT2D eigenvalue weighted by atomic mass is 16.5. The average molecular weight is 262 g/mol. The van der Waals surface area contributed by atoms with E-state index in [2.05, 4.69) is 10.6 Å². The summed E-state index contributed by atoms with van der Waals surface area (Å²) >= 11 is 0. The molecule has 1 saturated heterocycles. The molecule has 1 heterocycles. The number of carbonyl (C=O) groups excluding carboxylic acids is 1. The summed E-state index contributed by atoms with van der Waals surface area (Å²) in [6.45, 7) is 4.92. The van der Waals surface area contributed by atoms with Crippen molar-refractivity contribution in [3.63, 3.8) is 0 Å². The lowest BCUT2D eigenvalue weighted by Gasteiger charge is -2.21. The van der Waals surface area contributed by atoms with E-state index in [0.29, 0.717) is 13.2 Å². The summed E-state index contributed by atoms with van der Waals surface area (Å²) in [5.41, 5.74) is 1.18. The van der Waals surface area contributed by atoms with Crippen molar-refractivity contribution in [2.24, 2.45) is 5.92 Å². The fourth-order valence-electron chi connectivity index (χ4n) is 2.27. The molecule has 0 saturated carbocycles. The molecule has 1 aliphatic rings. The second kappa shape index (κ2) is 7.14. The molecule has 0 aliphatic carbocycles. The molecule has 0 bridgehead atoms. The number of hydrogen-bond acceptors (Lipinski definition) is 3. The van der Waals surface area contributed by atoms with Crippen LogP contribution in [-0.2, 0) is 4.79 Å². The van der Waals surface area contributed by atoms with Gasteiger partial charge in [0.25, 0.3) is 0 Å². The standard InChI is InChI=1S/C15H22N2O2/c1-12-4-2-6-14(10-12)19-9-8-17-15(18)13-5-3-7-16-11-13/h2,4,6,10,13,16H,3,5,7-9,11H2,1H3,(H,17,18). The molecule has 1 amide bonds. The first-order valence-corrected chi connectivity index (χ1v) is 6.93. The van der Waals surface area contributed by atoms with E-state index in [-0.39, 0.29) is 11.8 Å². The number of ether oxygens (including phenoxy) is 1. The van der Waals surface area contributed by atoms with Crippen LogP contribution >= 0.6 is 0 Å². The molecule has 19 heavy (non-hydrogen) atoms. The van der Waals surface area contributed by atoms with Crippen molar-refractivity contribution in [2.75, 3.05) is 26.2 Å². The lowest BCUT2D eigenvalue weighted by molar-refractivity contribution is -0.125. The Labute approximate surface area is 114 Å². The van der Waals surface area contributed by atoms with Gasteiger partial charge in [-0.1, -0.05) is 12.1 Å². The van der Waals surface area contributed by atoms with Gasteiger partial charge >= 0.3 is 0 Å². The summed E-state index contributed by atoms with van der Waals surface area (Å²) in [4.78, 5) is 11.9. The van der Waals surface area contributed by atoms with Crippen LogP contribution in [0, 0.1) is 12.8 Å². The maximum absolute atomic E-state index is 11.9. The summed E-state index contributed by atoms with van der Waals surface area (Å²) in [7, 11) is 0. The lowest BCUT2D eigenvalue weighted by Crippen LogP contribution is -2.41. The Balaban J connectivity index is 1.65. The largest absolute Gasteiger partial charge is 0.492 e. The molecule has 1 aromatic rings. The maximum Gasteiger partial charge on any atom is 0.224 e. The number of piperidine rings is 1. The molecule has 0 radical (unpaired) electrons. The highest BCUT2D eigenvalue weighted by Crippen LogP contribution is 2.12. The van der Waals surface area contributed by atoms with Crippen LogP contribution in [0.1, 0.15) is 18.4 Å². The molecule has 1 unspecified atom stereocenters. The second-order valence-corrected chi connectivity index (χ2v) is 5.00. The first kappa shape index (κ1) is 13.9. The molecule has 1 atom stereocenters. The van der Waals surface area contributed by atoms with Crippen molar-refractivity contribution in [2.45, 2.75) is 19.8 Å². The number of benzene rings is 1. The van der Waals surface area contributed by atoms with E-state index in [0.717, 1.165) is 31.7 Å². The zero-order valence-corrected chi connectivity index (χ0v) is 11.4. The summed E-state index contributed by atoms with van der Waals surface area (Å²) in [5, 5.41) is 6.18. The number of nitrogens with one attached hydrogen (secondary N) is 2. The number of aryl methyl sites for hydroxylation is 1. The molecule has 1 fully saturated rings. The molecule has 0 aromatic heterocycles. The van der Waals surface area contributed by atoms with E-state index in [1.54, 1.807) is 0 Å². The van der Waals surface area contributed by atoms with Crippen molar-refractivity contribution >= 4 is 5.91 Å². The Morgan fingerprint density at radius 2 is 2.42 bits per heavy atom. The molecule has 4 nitrogen and oxygen atoms in total. The Kier molecular flexibility index (Phi) is 5.21. The van der Waals surface area contributed by atoms with Gasteiger partial charge in [-0.25, -0.2) is 0 Å². The quantitative estimate of drug-likeness (QED) is 0.790. The summed E-state index contributed by atoms with van der Waals surface area (Å²) in [6, 6.07) is 7.93. The highest BCUT2D eigenvalue weighted by Gasteiger charge is 2.20. The summed E-state index contributed by atoms with van der Waals surface area (Å²) in [5.74, 6) is 1.11. The minimum Gasteiger partial charge on any atom is -0.492 e. The van der Waals surface area contributed by atoms with Crippen molar-refractivity contribution in [3.8, 4) is 5.75 Å². The van der Waals surface area contributed by atoms with Crippen molar-refractivity contribution in [1.29, 1.82) is 0 Å². The van der Waals surface area contributed by atoms with Crippen LogP contribution < -0.4 is 15.4 Å². The predicted molar refractivity (Wildman–Crippen MR) is 75.3 cm³/mol. The van der Waals surface area contributed by atoms with E-state index in [1.807, 2.05) is 31.2 Å². The first-order valence-electron chi connectivity index (χ1n) is 6.93. The smallest absolute Gasteiger partial charge is 0.224 e. The SMILES string of the molecule is Cc1cccc(OCCNC(=O)C2CCCNC2)c1. The minimum atomic E-state index is 0.118. The zero-order valence-electron chi connectivity index (χ0n) is 11.4. The van der Waals surface area contributed by atoms with E-state index in [9.17, 15) is 4.79 Å². The zero-order chi connectivity index (χ0) is 13.5. The van der Waals surface area contributed by atoms with Gasteiger partial charge in [-0.3, -0.25) is 4.79 Å². The lowest BCUT2D eigenvalue weighted by atomic mass is 9.99. The Bertz CT molecular complexity index is 414. The first-order chi connectivity index (χ1) is 9.25. The van der Waals surface area contributed by atoms with Gasteiger partial charge in [0.1, 0.15) is 12.4 Å². The molecule has 104 valence electrons. The third-order valence-electron chi connectivity index (χ3n) is 3.33. The number of rotatable bonds is 5. The van der Waals surface area contributed by atoms with Crippen LogP contribution in [-0.4, -0.2) is 32.1 Å². The van der Waals surface area contributed by atoms with Crippen LogP contribution in [0.5, 0.6) is 5.75 Å². The predicted octanol–water partition coefficient (Wildman–Crippen LogP) is 1.49. The third kappa shape index (κ3) is 4.56. The van der Waals surface area contributed by atoms with Crippen LogP contribution in [0.4, 0.5) is 0 Å². The monoisotopic (exact) mass is 262 g/mol. The van der Waals surface area contributed by atoms with E-state index in [4.69, 9.17) is 4.74 Å². The molecule has 2 rings (SSSR count). The van der Waals surface area contributed by atoms with Gasteiger partial charge in [0.05, 0.1) is 12.5 Å². The molecule has 1 aliphatic heterocycles. The average Bonchev–Trinajstić information content (AvgIpc) is 2.44. The fraction of sp³-hybridized carbons (Fsp3) is 0.533. The van der Waals surface area contributed by atoms with Crippen LogP contribution in [0.15, 0.2) is 24.3 Å². The van der Waals surface area contributed by atoms with Gasteiger partial charge < -0.3 is 15.4 Å². The molecule has 1 aromatic carbocycles. The van der Waals surface area contributed by atoms with Gasteiger partial charge in [0.15, 0.2) is 0 Å². The van der Waals surface area contributed by atoms with Crippen LogP contribution in [0.25, 0.3) is 0 Å². The summed E-state index contributed by atoms with van der Waals surface area (Å²) in [6.07, 6.45) is 2.06. The Morgan fingerprint density at radius 3 is 3.16 bits per heavy atom. The topological polar surface area (TPSA) is 50.4 Å². The van der Waals surface area contributed by atoms with Crippen LogP contribution in [0.3, 0.4) is 0 Å². The maximum atomic E-state index is 11.9. The van der Waals surface area contributed by atoms with Crippen molar-refractivity contribution < 1.29 is 9.53 Å². The van der Waals surface area contributed by atoms with Gasteiger partial charge in [0.2, 0.25) is 5.91 Å². The fourth-order valence-corrected chi connectivity index (χ4v) is 2.27. The normalized spacial score (nSPS) is 18.9. The number of hydrogen-bond donors (Lipinski definition) is 2. The van der Waals surface area contributed by atoms with E-state index < -0.39 is 0 Å². The van der Waals surface area contributed by atoms with Gasteiger partial charge in [-0.15, -0.1) is 0 Å². The second-order valence-electron chi connectivity index (χ2n) is 5.00. The van der Waals surface area contributed by atoms with Gasteiger partial charge in [-0.05, 0) is 44.0 Å². The van der Waals surface area contributed by atoms with E-state index in [1.165, 1.54) is 5.56 Å².